The monoisotopic (exact) mass is 176 g/mol. The Morgan fingerprint density at radius 2 is 2.00 bits per heavy atom. The molecular formula is C12H16O. The van der Waals surface area contributed by atoms with Crippen molar-refractivity contribution in [2.45, 2.75) is 32.6 Å². The molecule has 0 amide bonds. The van der Waals surface area contributed by atoms with Crippen molar-refractivity contribution >= 4 is 0 Å². The van der Waals surface area contributed by atoms with Gasteiger partial charge in [0.05, 0.1) is 6.61 Å². The molecule has 1 aliphatic rings. The van der Waals surface area contributed by atoms with Gasteiger partial charge in [0.1, 0.15) is 5.75 Å². The summed E-state index contributed by atoms with van der Waals surface area (Å²) in [6.07, 6.45) is 1.07. The van der Waals surface area contributed by atoms with E-state index in [1.807, 2.05) is 0 Å². The van der Waals surface area contributed by atoms with Crippen molar-refractivity contribution in [2.24, 2.45) is 0 Å². The number of benzene rings is 1. The van der Waals surface area contributed by atoms with Gasteiger partial charge in [-0.3, -0.25) is 0 Å². The van der Waals surface area contributed by atoms with Crippen LogP contribution in [-0.2, 0) is 11.8 Å². The Bertz CT molecular complexity index is 320. The molecule has 70 valence electrons. The van der Waals surface area contributed by atoms with Crippen LogP contribution in [0.4, 0.5) is 0 Å². The predicted molar refractivity (Wildman–Crippen MR) is 54.3 cm³/mol. The van der Waals surface area contributed by atoms with E-state index in [0.717, 1.165) is 18.8 Å². The van der Waals surface area contributed by atoms with Crippen molar-refractivity contribution in [2.75, 3.05) is 6.61 Å². The summed E-state index contributed by atoms with van der Waals surface area (Å²) < 4.78 is 5.66. The highest BCUT2D eigenvalue weighted by Gasteiger charge is 2.23. The molecule has 0 aliphatic carbocycles. The van der Waals surface area contributed by atoms with Gasteiger partial charge in [0.2, 0.25) is 0 Å². The average molecular weight is 176 g/mol. The molecule has 1 heterocycles. The van der Waals surface area contributed by atoms with Gasteiger partial charge in [-0.1, -0.05) is 39.0 Å². The number of hydrogen-bond donors (Lipinski definition) is 0. The highest BCUT2D eigenvalue weighted by Crippen LogP contribution is 2.36. The third-order valence-corrected chi connectivity index (χ3v) is 2.52. The van der Waals surface area contributed by atoms with E-state index in [0.29, 0.717) is 0 Å². The number of ether oxygens (including phenoxy) is 1. The Labute approximate surface area is 79.7 Å². The second kappa shape index (κ2) is 2.76. The van der Waals surface area contributed by atoms with Crippen LogP contribution in [-0.4, -0.2) is 6.61 Å². The first-order valence-corrected chi connectivity index (χ1v) is 4.84. The normalized spacial score (nSPS) is 15.3. The third-order valence-electron chi connectivity index (χ3n) is 2.52. The Morgan fingerprint density at radius 3 is 2.69 bits per heavy atom. The fourth-order valence-corrected chi connectivity index (χ4v) is 1.81. The zero-order chi connectivity index (χ0) is 9.47. The van der Waals surface area contributed by atoms with Gasteiger partial charge in [-0.15, -0.1) is 0 Å². The van der Waals surface area contributed by atoms with Crippen LogP contribution in [0.25, 0.3) is 0 Å². The number of fused-ring (bicyclic) bond motifs is 1. The van der Waals surface area contributed by atoms with Gasteiger partial charge in [-0.2, -0.15) is 0 Å². The molecule has 0 saturated carbocycles. The van der Waals surface area contributed by atoms with Gasteiger partial charge < -0.3 is 4.74 Å². The summed E-state index contributed by atoms with van der Waals surface area (Å²) in [5.74, 6) is 1.13. The lowest BCUT2D eigenvalue weighted by molar-refractivity contribution is 0.347. The minimum absolute atomic E-state index is 0.190. The largest absolute Gasteiger partial charge is 0.493 e. The lowest BCUT2D eigenvalue weighted by Crippen LogP contribution is -2.12. The quantitative estimate of drug-likeness (QED) is 0.590. The number of rotatable bonds is 0. The predicted octanol–water partition coefficient (Wildman–Crippen LogP) is 2.92. The maximum Gasteiger partial charge on any atom is 0.126 e. The van der Waals surface area contributed by atoms with Crippen LogP contribution in [0.15, 0.2) is 18.2 Å². The molecule has 1 aromatic carbocycles. The fraction of sp³-hybridized carbons (Fsp3) is 0.500. The Hall–Kier alpha value is -0.980. The smallest absolute Gasteiger partial charge is 0.126 e. The van der Waals surface area contributed by atoms with Crippen LogP contribution in [0, 0.1) is 0 Å². The van der Waals surface area contributed by atoms with Gasteiger partial charge >= 0.3 is 0 Å². The molecule has 0 spiro atoms. The molecule has 1 nitrogen and oxygen atoms in total. The van der Waals surface area contributed by atoms with E-state index in [-0.39, 0.29) is 5.41 Å². The summed E-state index contributed by atoms with van der Waals surface area (Å²) in [6, 6.07) is 6.47. The highest BCUT2D eigenvalue weighted by atomic mass is 16.5. The number of para-hydroxylation sites is 1. The average Bonchev–Trinajstić information content (AvgIpc) is 2.48. The van der Waals surface area contributed by atoms with Crippen molar-refractivity contribution in [3.8, 4) is 5.75 Å². The first-order chi connectivity index (χ1) is 6.09. The molecule has 1 heteroatoms. The molecule has 0 atom stereocenters. The topological polar surface area (TPSA) is 9.23 Å². The highest BCUT2D eigenvalue weighted by molar-refractivity contribution is 5.47. The molecule has 0 unspecified atom stereocenters. The number of hydrogen-bond acceptors (Lipinski definition) is 1. The molecular weight excluding hydrogens is 160 g/mol. The molecule has 0 fully saturated rings. The van der Waals surface area contributed by atoms with E-state index < -0.39 is 0 Å². The van der Waals surface area contributed by atoms with Gasteiger partial charge in [0, 0.05) is 6.42 Å². The van der Waals surface area contributed by atoms with E-state index in [9.17, 15) is 0 Å². The van der Waals surface area contributed by atoms with E-state index in [2.05, 4.69) is 39.0 Å². The molecule has 2 rings (SSSR count). The zero-order valence-electron chi connectivity index (χ0n) is 8.55. The lowest BCUT2D eigenvalue weighted by Gasteiger charge is -2.21. The summed E-state index contributed by atoms with van der Waals surface area (Å²) in [4.78, 5) is 0. The van der Waals surface area contributed by atoms with Crippen LogP contribution in [0.5, 0.6) is 5.75 Å². The minimum Gasteiger partial charge on any atom is -0.493 e. The van der Waals surface area contributed by atoms with Gasteiger partial charge in [0.25, 0.3) is 0 Å². The molecule has 0 saturated heterocycles. The lowest BCUT2D eigenvalue weighted by atomic mass is 9.85. The van der Waals surface area contributed by atoms with Crippen molar-refractivity contribution in [3.63, 3.8) is 0 Å². The van der Waals surface area contributed by atoms with Crippen LogP contribution in [0.1, 0.15) is 31.9 Å². The molecule has 0 bridgehead atoms. The standard InChI is InChI=1S/C12H16O/c1-12(2,3)10-6-4-5-9-7-8-13-11(9)10/h4-6H,7-8H2,1-3H3. The second-order valence-electron chi connectivity index (χ2n) is 4.64. The molecule has 13 heavy (non-hydrogen) atoms. The first kappa shape index (κ1) is 8.61. The van der Waals surface area contributed by atoms with E-state index in [1.165, 1.54) is 11.1 Å². The summed E-state index contributed by atoms with van der Waals surface area (Å²) >= 11 is 0. The third kappa shape index (κ3) is 1.43. The van der Waals surface area contributed by atoms with Crippen LogP contribution >= 0.6 is 0 Å². The molecule has 0 aromatic heterocycles. The Morgan fingerprint density at radius 1 is 1.23 bits per heavy atom. The molecule has 1 aliphatic heterocycles. The van der Waals surface area contributed by atoms with Gasteiger partial charge in [0.15, 0.2) is 0 Å². The maximum atomic E-state index is 5.66. The van der Waals surface area contributed by atoms with Crippen molar-refractivity contribution in [1.82, 2.24) is 0 Å². The summed E-state index contributed by atoms with van der Waals surface area (Å²) in [6.45, 7) is 7.53. The SMILES string of the molecule is CC(C)(C)c1cccc2c1OCC2. The minimum atomic E-state index is 0.190. The summed E-state index contributed by atoms with van der Waals surface area (Å²) in [5.41, 5.74) is 2.89. The molecule has 1 aromatic rings. The first-order valence-electron chi connectivity index (χ1n) is 4.84. The zero-order valence-corrected chi connectivity index (χ0v) is 8.55. The molecule has 0 radical (unpaired) electrons. The van der Waals surface area contributed by atoms with Crippen molar-refractivity contribution < 1.29 is 4.74 Å². The van der Waals surface area contributed by atoms with E-state index in [1.54, 1.807) is 0 Å². The summed E-state index contributed by atoms with van der Waals surface area (Å²) in [7, 11) is 0. The van der Waals surface area contributed by atoms with E-state index in [4.69, 9.17) is 4.74 Å². The van der Waals surface area contributed by atoms with E-state index >= 15 is 0 Å². The second-order valence-corrected chi connectivity index (χ2v) is 4.64. The van der Waals surface area contributed by atoms with Crippen LogP contribution in [0.3, 0.4) is 0 Å². The fourth-order valence-electron chi connectivity index (χ4n) is 1.81. The maximum absolute atomic E-state index is 5.66. The molecule has 0 N–H and O–H groups in total. The van der Waals surface area contributed by atoms with Gasteiger partial charge in [-0.25, -0.2) is 0 Å². The van der Waals surface area contributed by atoms with Crippen molar-refractivity contribution in [3.05, 3.63) is 29.3 Å². The van der Waals surface area contributed by atoms with Crippen molar-refractivity contribution in [1.29, 1.82) is 0 Å². The summed E-state index contributed by atoms with van der Waals surface area (Å²) in [5, 5.41) is 0. The van der Waals surface area contributed by atoms with Crippen LogP contribution in [0.2, 0.25) is 0 Å². The Balaban J connectivity index is 2.54. The van der Waals surface area contributed by atoms with Gasteiger partial charge in [-0.05, 0) is 16.5 Å². The Kier molecular flexibility index (Phi) is 1.83. The van der Waals surface area contributed by atoms with Crippen LogP contribution < -0.4 is 4.74 Å².